The highest BCUT2D eigenvalue weighted by molar-refractivity contribution is 6.30. The number of ether oxygens (including phenoxy) is 2. The Balaban J connectivity index is 1.60. The summed E-state index contributed by atoms with van der Waals surface area (Å²) >= 11 is 6.26. The van der Waals surface area contributed by atoms with Crippen LogP contribution in [0.1, 0.15) is 5.56 Å². The maximum absolute atomic E-state index is 13.7. The number of benzene rings is 4. The van der Waals surface area contributed by atoms with Crippen molar-refractivity contribution in [1.82, 2.24) is 9.78 Å². The molecule has 0 bridgehead atoms. The van der Waals surface area contributed by atoms with E-state index in [9.17, 15) is 14.3 Å². The first-order chi connectivity index (χ1) is 18.5. The third-order valence-electron chi connectivity index (χ3n) is 5.73. The number of hydrogen-bond acceptors (Lipinski definition) is 4. The van der Waals surface area contributed by atoms with Gasteiger partial charge in [0.25, 0.3) is 0 Å². The van der Waals surface area contributed by atoms with Crippen LogP contribution in [0.2, 0.25) is 5.02 Å². The van der Waals surface area contributed by atoms with Crippen LogP contribution in [-0.4, -0.2) is 27.5 Å². The van der Waals surface area contributed by atoms with Gasteiger partial charge in [-0.25, -0.2) is 13.9 Å². The van der Waals surface area contributed by atoms with Gasteiger partial charge < -0.3 is 14.6 Å². The molecular weight excluding hydrogens is 507 g/mol. The Labute approximate surface area is 223 Å². The maximum atomic E-state index is 13.7. The lowest BCUT2D eigenvalue weighted by Gasteiger charge is -2.12. The lowest BCUT2D eigenvalue weighted by molar-refractivity contribution is -0.139. The molecule has 0 unspecified atom stereocenters. The van der Waals surface area contributed by atoms with E-state index < -0.39 is 12.6 Å². The molecular formula is C30H22ClFN2O4. The van der Waals surface area contributed by atoms with Gasteiger partial charge in [-0.05, 0) is 72.3 Å². The number of carbonyl (C=O) groups is 1. The fraction of sp³-hybridized carbons (Fsp3) is 0.0667. The van der Waals surface area contributed by atoms with Gasteiger partial charge >= 0.3 is 5.97 Å². The molecule has 190 valence electrons. The Morgan fingerprint density at radius 2 is 1.68 bits per heavy atom. The highest BCUT2D eigenvalue weighted by Gasteiger charge is 2.18. The molecule has 5 aromatic rings. The number of rotatable bonds is 9. The predicted molar refractivity (Wildman–Crippen MR) is 143 cm³/mol. The number of carboxylic acid groups (broad SMARTS) is 1. The third-order valence-corrected chi connectivity index (χ3v) is 5.96. The minimum atomic E-state index is -1.10. The Kier molecular flexibility index (Phi) is 7.38. The van der Waals surface area contributed by atoms with Gasteiger partial charge in [0.05, 0.1) is 17.1 Å². The van der Waals surface area contributed by atoms with E-state index in [0.29, 0.717) is 45.8 Å². The molecule has 4 aromatic carbocycles. The number of aromatic nitrogens is 2. The number of carboxylic acids is 1. The highest BCUT2D eigenvalue weighted by Crippen LogP contribution is 2.36. The number of aliphatic carboxylic acids is 1. The highest BCUT2D eigenvalue weighted by atomic mass is 35.5. The average Bonchev–Trinajstić information content (AvgIpc) is 3.37. The summed E-state index contributed by atoms with van der Waals surface area (Å²) < 4.78 is 27.0. The molecule has 0 aliphatic heterocycles. The zero-order chi connectivity index (χ0) is 26.5. The van der Waals surface area contributed by atoms with Crippen molar-refractivity contribution in [1.29, 1.82) is 0 Å². The second-order valence-electron chi connectivity index (χ2n) is 8.43. The fourth-order valence-electron chi connectivity index (χ4n) is 3.95. The molecule has 0 aliphatic rings. The van der Waals surface area contributed by atoms with Crippen molar-refractivity contribution >= 4 is 17.6 Å². The van der Waals surface area contributed by atoms with E-state index in [4.69, 9.17) is 26.2 Å². The first-order valence-corrected chi connectivity index (χ1v) is 12.1. The summed E-state index contributed by atoms with van der Waals surface area (Å²) in [5.41, 5.74) is 4.17. The van der Waals surface area contributed by atoms with Gasteiger partial charge in [-0.15, -0.1) is 0 Å². The molecule has 8 heteroatoms. The van der Waals surface area contributed by atoms with Crippen molar-refractivity contribution in [2.75, 3.05) is 6.61 Å². The first-order valence-electron chi connectivity index (χ1n) is 11.7. The number of nitrogens with zero attached hydrogens (tertiary/aromatic N) is 2. The molecule has 6 nitrogen and oxygen atoms in total. The van der Waals surface area contributed by atoms with E-state index in [1.54, 1.807) is 47.1 Å². The van der Waals surface area contributed by atoms with Crippen LogP contribution in [-0.2, 0) is 11.4 Å². The maximum Gasteiger partial charge on any atom is 0.341 e. The normalized spacial score (nSPS) is 10.8. The molecule has 1 N–H and O–H groups in total. The van der Waals surface area contributed by atoms with Crippen molar-refractivity contribution in [2.45, 2.75) is 6.61 Å². The monoisotopic (exact) mass is 528 g/mol. The van der Waals surface area contributed by atoms with E-state index in [1.807, 2.05) is 48.5 Å². The molecule has 0 amide bonds. The summed E-state index contributed by atoms with van der Waals surface area (Å²) in [5.74, 6) is -0.555. The standard InChI is InChI=1S/C30H22ClFN2O4/c31-22-7-4-8-24(15-22)34-28(21-9-11-23(32)12-10-21)17-27(33-34)26-16-25(13-14-29(26)38-19-30(35)36)37-18-20-5-2-1-3-6-20/h1-17H,18-19H2,(H,35,36). The quantitative estimate of drug-likeness (QED) is 0.222. The summed E-state index contributed by atoms with van der Waals surface area (Å²) in [5, 5.41) is 14.5. The SMILES string of the molecule is O=C(O)COc1ccc(OCc2ccccc2)cc1-c1cc(-c2ccc(F)cc2)n(-c2cccc(Cl)c2)n1. The largest absolute Gasteiger partial charge is 0.489 e. The Hall–Kier alpha value is -4.62. The Bertz CT molecular complexity index is 1570. The zero-order valence-electron chi connectivity index (χ0n) is 20.1. The van der Waals surface area contributed by atoms with Crippen LogP contribution >= 0.6 is 11.6 Å². The minimum absolute atomic E-state index is 0.334. The van der Waals surface area contributed by atoms with Gasteiger partial charge in [0.2, 0.25) is 0 Å². The second kappa shape index (κ2) is 11.2. The van der Waals surface area contributed by atoms with Gasteiger partial charge in [0.15, 0.2) is 6.61 Å². The van der Waals surface area contributed by atoms with E-state index in [0.717, 1.165) is 11.1 Å². The van der Waals surface area contributed by atoms with Crippen LogP contribution in [0.25, 0.3) is 28.2 Å². The van der Waals surface area contributed by atoms with E-state index in [2.05, 4.69) is 0 Å². The summed E-state index contributed by atoms with van der Waals surface area (Å²) in [4.78, 5) is 11.2. The molecule has 1 aromatic heterocycles. The van der Waals surface area contributed by atoms with Crippen LogP contribution in [0.4, 0.5) is 4.39 Å². The van der Waals surface area contributed by atoms with Crippen LogP contribution in [0.3, 0.4) is 0 Å². The molecule has 1 heterocycles. The van der Waals surface area contributed by atoms with Crippen LogP contribution < -0.4 is 9.47 Å². The number of hydrogen-bond donors (Lipinski definition) is 1. The van der Waals surface area contributed by atoms with Crippen molar-refractivity contribution in [3.8, 4) is 39.7 Å². The Morgan fingerprint density at radius 1 is 0.895 bits per heavy atom. The van der Waals surface area contributed by atoms with E-state index >= 15 is 0 Å². The van der Waals surface area contributed by atoms with Gasteiger partial charge in [-0.1, -0.05) is 48.0 Å². The molecule has 0 saturated carbocycles. The fourth-order valence-corrected chi connectivity index (χ4v) is 4.13. The molecule has 0 radical (unpaired) electrons. The van der Waals surface area contributed by atoms with Crippen LogP contribution in [0.5, 0.6) is 11.5 Å². The van der Waals surface area contributed by atoms with E-state index in [1.165, 1.54) is 12.1 Å². The van der Waals surface area contributed by atoms with Gasteiger partial charge in [-0.3, -0.25) is 0 Å². The average molecular weight is 529 g/mol. The molecule has 5 rings (SSSR count). The summed E-state index contributed by atoms with van der Waals surface area (Å²) in [7, 11) is 0. The molecule has 0 atom stereocenters. The minimum Gasteiger partial charge on any atom is -0.489 e. The third kappa shape index (κ3) is 5.85. The second-order valence-corrected chi connectivity index (χ2v) is 8.86. The van der Waals surface area contributed by atoms with E-state index in [-0.39, 0.29) is 5.82 Å². The van der Waals surface area contributed by atoms with Gasteiger partial charge in [0, 0.05) is 16.1 Å². The van der Waals surface area contributed by atoms with Crippen LogP contribution in [0.15, 0.2) is 103 Å². The lowest BCUT2D eigenvalue weighted by atomic mass is 10.1. The molecule has 0 spiro atoms. The number of halogens is 2. The summed E-state index contributed by atoms with van der Waals surface area (Å²) in [6.45, 7) is -0.162. The van der Waals surface area contributed by atoms with Gasteiger partial charge in [-0.2, -0.15) is 5.10 Å². The zero-order valence-corrected chi connectivity index (χ0v) is 20.8. The first kappa shape index (κ1) is 25.0. The lowest BCUT2D eigenvalue weighted by Crippen LogP contribution is -2.10. The van der Waals surface area contributed by atoms with Crippen molar-refractivity contribution in [2.24, 2.45) is 0 Å². The summed E-state index contributed by atoms with van der Waals surface area (Å²) in [6.07, 6.45) is 0. The smallest absolute Gasteiger partial charge is 0.341 e. The van der Waals surface area contributed by atoms with Crippen LogP contribution in [0, 0.1) is 5.82 Å². The Morgan fingerprint density at radius 3 is 2.42 bits per heavy atom. The van der Waals surface area contributed by atoms with Gasteiger partial charge in [0.1, 0.15) is 23.9 Å². The topological polar surface area (TPSA) is 73.6 Å². The molecule has 38 heavy (non-hydrogen) atoms. The molecule has 0 saturated heterocycles. The molecule has 0 aliphatic carbocycles. The van der Waals surface area contributed by atoms with Crippen molar-refractivity contribution in [3.63, 3.8) is 0 Å². The van der Waals surface area contributed by atoms with Crippen molar-refractivity contribution in [3.05, 3.63) is 120 Å². The summed E-state index contributed by atoms with van der Waals surface area (Å²) in [6, 6.07) is 30.0. The molecule has 0 fully saturated rings. The van der Waals surface area contributed by atoms with Crippen molar-refractivity contribution < 1.29 is 23.8 Å². The predicted octanol–water partition coefficient (Wildman–Crippen LogP) is 7.04.